The Balaban J connectivity index is 2.16. The second-order valence-electron chi connectivity index (χ2n) is 5.24. The van der Waals surface area contributed by atoms with Crippen molar-refractivity contribution in [3.8, 4) is 5.69 Å². The highest BCUT2D eigenvalue weighted by Crippen LogP contribution is 2.21. The van der Waals surface area contributed by atoms with Crippen LogP contribution in [0.1, 0.15) is 15.9 Å². The fourth-order valence-electron chi connectivity index (χ4n) is 2.41. The van der Waals surface area contributed by atoms with Gasteiger partial charge in [-0.2, -0.15) is 0 Å². The van der Waals surface area contributed by atoms with Gasteiger partial charge in [-0.1, -0.05) is 0 Å². The van der Waals surface area contributed by atoms with Crippen LogP contribution in [0.4, 0.5) is 19.0 Å². The van der Waals surface area contributed by atoms with Crippen molar-refractivity contribution < 1.29 is 18.0 Å². The number of carbonyl (C=O) groups excluding carboxylic acids is 1. The highest BCUT2D eigenvalue weighted by molar-refractivity contribution is 6.11. The first-order valence-electron chi connectivity index (χ1n) is 7.15. The number of hydrogen-bond donors (Lipinski definition) is 1. The Kier molecular flexibility index (Phi) is 4.14. The van der Waals surface area contributed by atoms with Gasteiger partial charge in [-0.25, -0.2) is 13.2 Å². The molecule has 0 aliphatic rings. The third kappa shape index (κ3) is 3.03. The van der Waals surface area contributed by atoms with E-state index in [9.17, 15) is 22.8 Å². The zero-order valence-corrected chi connectivity index (χ0v) is 12.7. The average Bonchev–Trinajstić information content (AvgIpc) is 2.57. The summed E-state index contributed by atoms with van der Waals surface area (Å²) in [6.07, 6.45) is 0. The predicted octanol–water partition coefficient (Wildman–Crippen LogP) is 3.07. The Morgan fingerprint density at radius 2 is 1.52 bits per heavy atom. The second kappa shape index (κ2) is 6.27. The van der Waals surface area contributed by atoms with Crippen molar-refractivity contribution in [2.45, 2.75) is 0 Å². The van der Waals surface area contributed by atoms with Gasteiger partial charge < -0.3 is 5.73 Å². The van der Waals surface area contributed by atoms with Crippen LogP contribution >= 0.6 is 0 Å². The number of nitrogens with two attached hydrogens (primary N) is 1. The van der Waals surface area contributed by atoms with Crippen molar-refractivity contribution in [1.29, 1.82) is 0 Å². The molecule has 0 saturated heterocycles. The maximum Gasteiger partial charge on any atom is 0.256 e. The maximum absolute atomic E-state index is 14.0. The van der Waals surface area contributed by atoms with Gasteiger partial charge in [-0.15, -0.1) is 0 Å². The van der Waals surface area contributed by atoms with E-state index in [1.54, 1.807) is 0 Å². The monoisotopic (exact) mass is 344 g/mol. The van der Waals surface area contributed by atoms with Gasteiger partial charge in [-0.3, -0.25) is 14.2 Å². The Bertz CT molecular complexity index is 1030. The van der Waals surface area contributed by atoms with Crippen LogP contribution in [0.25, 0.3) is 5.69 Å². The van der Waals surface area contributed by atoms with E-state index in [0.29, 0.717) is 6.07 Å². The summed E-state index contributed by atoms with van der Waals surface area (Å²) in [5.74, 6) is -3.18. The molecule has 25 heavy (non-hydrogen) atoms. The number of hydrogen-bond acceptors (Lipinski definition) is 3. The SMILES string of the molecule is Nc1c(C(=O)c2ccc(F)cc2)ccc(=O)n1-c1ccc(F)cc1F. The lowest BCUT2D eigenvalue weighted by atomic mass is 10.0. The lowest BCUT2D eigenvalue weighted by Gasteiger charge is -2.13. The molecule has 0 amide bonds. The predicted molar refractivity (Wildman–Crippen MR) is 86.2 cm³/mol. The van der Waals surface area contributed by atoms with Gasteiger partial charge in [-0.05, 0) is 42.5 Å². The number of halogens is 3. The molecule has 0 aliphatic heterocycles. The van der Waals surface area contributed by atoms with Crippen LogP contribution < -0.4 is 11.3 Å². The summed E-state index contributed by atoms with van der Waals surface area (Å²) in [5.41, 5.74) is 5.03. The zero-order chi connectivity index (χ0) is 18.1. The van der Waals surface area contributed by atoms with Crippen LogP contribution in [0.3, 0.4) is 0 Å². The summed E-state index contributed by atoms with van der Waals surface area (Å²) in [7, 11) is 0. The van der Waals surface area contributed by atoms with Gasteiger partial charge in [0.1, 0.15) is 23.3 Å². The summed E-state index contributed by atoms with van der Waals surface area (Å²) in [6, 6.07) is 9.65. The molecule has 2 aromatic carbocycles. The minimum absolute atomic E-state index is 0.0602. The van der Waals surface area contributed by atoms with Crippen LogP contribution in [0, 0.1) is 17.5 Å². The van der Waals surface area contributed by atoms with Crippen LogP contribution in [0.5, 0.6) is 0 Å². The molecule has 0 radical (unpaired) electrons. The molecule has 0 unspecified atom stereocenters. The van der Waals surface area contributed by atoms with E-state index in [2.05, 4.69) is 0 Å². The van der Waals surface area contributed by atoms with E-state index in [1.807, 2.05) is 0 Å². The van der Waals surface area contributed by atoms with E-state index in [1.165, 1.54) is 18.2 Å². The smallest absolute Gasteiger partial charge is 0.256 e. The summed E-state index contributed by atoms with van der Waals surface area (Å²) >= 11 is 0. The highest BCUT2D eigenvalue weighted by Gasteiger charge is 2.18. The van der Waals surface area contributed by atoms with E-state index in [0.717, 1.165) is 34.9 Å². The summed E-state index contributed by atoms with van der Waals surface area (Å²) in [6.45, 7) is 0. The molecule has 3 aromatic rings. The van der Waals surface area contributed by atoms with Crippen molar-refractivity contribution in [3.63, 3.8) is 0 Å². The number of ketones is 1. The first-order valence-corrected chi connectivity index (χ1v) is 7.15. The quantitative estimate of drug-likeness (QED) is 0.743. The van der Waals surface area contributed by atoms with E-state index in [-0.39, 0.29) is 22.6 Å². The highest BCUT2D eigenvalue weighted by atomic mass is 19.1. The number of pyridine rings is 1. The van der Waals surface area contributed by atoms with Crippen molar-refractivity contribution in [2.24, 2.45) is 0 Å². The second-order valence-corrected chi connectivity index (χ2v) is 5.24. The Hall–Kier alpha value is -3.35. The number of anilines is 1. The minimum Gasteiger partial charge on any atom is -0.384 e. The fraction of sp³-hybridized carbons (Fsp3) is 0. The first-order chi connectivity index (χ1) is 11.9. The molecule has 3 rings (SSSR count). The standard InChI is InChI=1S/C18H11F3N2O2/c19-11-3-1-10(2-4-11)17(25)13-6-8-16(24)23(18(13)22)15-7-5-12(20)9-14(15)21/h1-9H,22H2. The molecular formula is C18H11F3N2O2. The van der Waals surface area contributed by atoms with Gasteiger partial charge in [0.15, 0.2) is 5.78 Å². The number of carbonyl (C=O) groups is 1. The van der Waals surface area contributed by atoms with E-state index >= 15 is 0 Å². The molecule has 0 fully saturated rings. The largest absolute Gasteiger partial charge is 0.384 e. The fourth-order valence-corrected chi connectivity index (χ4v) is 2.41. The molecule has 2 N–H and O–H groups in total. The molecule has 0 atom stereocenters. The first kappa shape index (κ1) is 16.5. The average molecular weight is 344 g/mol. The maximum atomic E-state index is 14.0. The van der Waals surface area contributed by atoms with E-state index < -0.39 is 28.8 Å². The molecule has 7 heteroatoms. The Morgan fingerprint density at radius 3 is 2.16 bits per heavy atom. The third-order valence-electron chi connectivity index (χ3n) is 3.63. The molecule has 1 heterocycles. The van der Waals surface area contributed by atoms with Gasteiger partial charge in [0.05, 0.1) is 11.3 Å². The molecule has 0 saturated carbocycles. The third-order valence-corrected chi connectivity index (χ3v) is 3.63. The van der Waals surface area contributed by atoms with Crippen LogP contribution in [-0.4, -0.2) is 10.4 Å². The molecule has 0 aliphatic carbocycles. The lowest BCUT2D eigenvalue weighted by molar-refractivity contribution is 0.103. The van der Waals surface area contributed by atoms with Crippen molar-refractivity contribution in [3.05, 3.63) is 93.5 Å². The van der Waals surface area contributed by atoms with Crippen molar-refractivity contribution in [2.75, 3.05) is 5.73 Å². The molecular weight excluding hydrogens is 333 g/mol. The molecule has 0 spiro atoms. The lowest BCUT2D eigenvalue weighted by Crippen LogP contribution is -2.24. The number of nitrogen functional groups attached to an aromatic ring is 1. The van der Waals surface area contributed by atoms with Gasteiger partial charge in [0, 0.05) is 17.7 Å². The molecule has 4 nitrogen and oxygen atoms in total. The number of benzene rings is 2. The normalized spacial score (nSPS) is 10.7. The van der Waals surface area contributed by atoms with Crippen LogP contribution in [0.15, 0.2) is 59.4 Å². The van der Waals surface area contributed by atoms with Gasteiger partial charge in [0.25, 0.3) is 5.56 Å². The van der Waals surface area contributed by atoms with Gasteiger partial charge >= 0.3 is 0 Å². The Labute approximate surface area is 139 Å². The molecule has 126 valence electrons. The number of rotatable bonds is 3. The summed E-state index contributed by atoms with van der Waals surface area (Å²) in [4.78, 5) is 24.6. The summed E-state index contributed by atoms with van der Waals surface area (Å²) < 4.78 is 40.9. The van der Waals surface area contributed by atoms with Crippen LogP contribution in [0.2, 0.25) is 0 Å². The zero-order valence-electron chi connectivity index (χ0n) is 12.7. The minimum atomic E-state index is -1.000. The van der Waals surface area contributed by atoms with Crippen LogP contribution in [-0.2, 0) is 0 Å². The number of nitrogens with zero attached hydrogens (tertiary/aromatic N) is 1. The van der Waals surface area contributed by atoms with E-state index in [4.69, 9.17) is 5.73 Å². The van der Waals surface area contributed by atoms with Crippen molar-refractivity contribution in [1.82, 2.24) is 4.57 Å². The van der Waals surface area contributed by atoms with Crippen molar-refractivity contribution >= 4 is 11.6 Å². The molecule has 1 aromatic heterocycles. The topological polar surface area (TPSA) is 65.1 Å². The summed E-state index contributed by atoms with van der Waals surface area (Å²) in [5, 5.41) is 0. The molecule has 0 bridgehead atoms. The Morgan fingerprint density at radius 1 is 0.880 bits per heavy atom. The number of aromatic nitrogens is 1. The van der Waals surface area contributed by atoms with Gasteiger partial charge in [0.2, 0.25) is 0 Å².